The van der Waals surface area contributed by atoms with Crippen molar-refractivity contribution in [3.05, 3.63) is 34.7 Å². The van der Waals surface area contributed by atoms with Crippen molar-refractivity contribution in [2.24, 2.45) is 0 Å². The zero-order chi connectivity index (χ0) is 17.4. The standard InChI is InChI=1S/C19H28N4O2/c1-13-10-20-19(16-5-8-24-9-6-16)23(13)17-4-7-22(11-17)12-18-14(2)21-25-15(18)3/h10,16-17H,4-9,11-12H2,1-3H3. The molecule has 0 N–H and O–H groups in total. The van der Waals surface area contributed by atoms with Crippen LogP contribution in [-0.2, 0) is 11.3 Å². The quantitative estimate of drug-likeness (QED) is 0.853. The molecular weight excluding hydrogens is 316 g/mol. The Labute approximate surface area is 149 Å². The lowest BCUT2D eigenvalue weighted by Crippen LogP contribution is -2.24. The lowest BCUT2D eigenvalue weighted by Gasteiger charge is -2.26. The maximum atomic E-state index is 5.53. The molecule has 1 unspecified atom stereocenters. The van der Waals surface area contributed by atoms with Gasteiger partial charge in [0, 0.05) is 62.3 Å². The average molecular weight is 344 g/mol. The number of nitrogens with zero attached hydrogens (tertiary/aromatic N) is 4. The molecule has 6 nitrogen and oxygen atoms in total. The molecule has 0 saturated carbocycles. The Balaban J connectivity index is 1.49. The Morgan fingerprint density at radius 1 is 1.16 bits per heavy atom. The van der Waals surface area contributed by atoms with Crippen molar-refractivity contribution in [1.82, 2.24) is 19.6 Å². The third-order valence-electron chi connectivity index (χ3n) is 5.77. The summed E-state index contributed by atoms with van der Waals surface area (Å²) >= 11 is 0. The van der Waals surface area contributed by atoms with Gasteiger partial charge in [0.25, 0.3) is 0 Å². The summed E-state index contributed by atoms with van der Waals surface area (Å²) in [6, 6.07) is 0.515. The monoisotopic (exact) mass is 344 g/mol. The van der Waals surface area contributed by atoms with Crippen LogP contribution in [0.4, 0.5) is 0 Å². The zero-order valence-electron chi connectivity index (χ0n) is 15.5. The SMILES string of the molecule is Cc1noc(C)c1CN1CCC(n2c(C)cnc2C2CCOCC2)C1. The highest BCUT2D eigenvalue weighted by Gasteiger charge is 2.30. The molecule has 25 heavy (non-hydrogen) atoms. The molecule has 2 aliphatic heterocycles. The fourth-order valence-corrected chi connectivity index (χ4v) is 4.32. The average Bonchev–Trinajstić information content (AvgIpc) is 3.31. The number of ether oxygens (including phenoxy) is 1. The van der Waals surface area contributed by atoms with Gasteiger partial charge in [-0.1, -0.05) is 5.16 Å². The molecule has 1 atom stereocenters. The first-order valence-corrected chi connectivity index (χ1v) is 9.39. The maximum absolute atomic E-state index is 5.53. The predicted molar refractivity (Wildman–Crippen MR) is 94.7 cm³/mol. The smallest absolute Gasteiger partial charge is 0.138 e. The molecule has 0 aromatic carbocycles. The van der Waals surface area contributed by atoms with Crippen LogP contribution < -0.4 is 0 Å². The molecular formula is C19H28N4O2. The topological polar surface area (TPSA) is 56.3 Å². The van der Waals surface area contributed by atoms with Gasteiger partial charge < -0.3 is 13.8 Å². The van der Waals surface area contributed by atoms with Crippen molar-refractivity contribution in [3.8, 4) is 0 Å². The van der Waals surface area contributed by atoms with E-state index in [9.17, 15) is 0 Å². The number of hydrogen-bond donors (Lipinski definition) is 0. The summed E-state index contributed by atoms with van der Waals surface area (Å²) < 4.78 is 13.4. The Kier molecular flexibility index (Phi) is 4.65. The summed E-state index contributed by atoms with van der Waals surface area (Å²) in [6.45, 7) is 11.1. The van der Waals surface area contributed by atoms with Crippen molar-refractivity contribution < 1.29 is 9.26 Å². The summed E-state index contributed by atoms with van der Waals surface area (Å²) in [7, 11) is 0. The minimum atomic E-state index is 0.515. The largest absolute Gasteiger partial charge is 0.381 e. The van der Waals surface area contributed by atoms with Crippen LogP contribution in [0.15, 0.2) is 10.7 Å². The summed E-state index contributed by atoms with van der Waals surface area (Å²) in [5.41, 5.74) is 3.54. The summed E-state index contributed by atoms with van der Waals surface area (Å²) in [5.74, 6) is 2.76. The molecule has 2 aliphatic rings. The van der Waals surface area contributed by atoms with Crippen LogP contribution in [0.5, 0.6) is 0 Å². The van der Waals surface area contributed by atoms with E-state index >= 15 is 0 Å². The third-order valence-corrected chi connectivity index (χ3v) is 5.77. The van der Waals surface area contributed by atoms with Gasteiger partial charge in [-0.3, -0.25) is 4.90 Å². The molecule has 4 rings (SSSR count). The van der Waals surface area contributed by atoms with E-state index < -0.39 is 0 Å². The zero-order valence-corrected chi connectivity index (χ0v) is 15.5. The second-order valence-electron chi connectivity index (χ2n) is 7.49. The summed E-state index contributed by atoms with van der Waals surface area (Å²) in [4.78, 5) is 7.30. The fraction of sp³-hybridized carbons (Fsp3) is 0.684. The molecule has 2 aromatic rings. The van der Waals surface area contributed by atoms with E-state index in [0.717, 1.165) is 57.1 Å². The number of hydrogen-bond acceptors (Lipinski definition) is 5. The van der Waals surface area contributed by atoms with Gasteiger partial charge in [-0.25, -0.2) is 4.98 Å². The fourth-order valence-electron chi connectivity index (χ4n) is 4.32. The number of rotatable bonds is 4. The number of aromatic nitrogens is 3. The summed E-state index contributed by atoms with van der Waals surface area (Å²) in [6.07, 6.45) is 5.40. The highest BCUT2D eigenvalue weighted by molar-refractivity contribution is 5.21. The molecule has 4 heterocycles. The van der Waals surface area contributed by atoms with Gasteiger partial charge in [0.2, 0.25) is 0 Å². The van der Waals surface area contributed by atoms with Crippen molar-refractivity contribution in [3.63, 3.8) is 0 Å². The normalized spacial score (nSPS) is 22.8. The highest BCUT2D eigenvalue weighted by Crippen LogP contribution is 2.33. The van der Waals surface area contributed by atoms with E-state index in [4.69, 9.17) is 14.2 Å². The van der Waals surface area contributed by atoms with E-state index in [-0.39, 0.29) is 0 Å². The van der Waals surface area contributed by atoms with Gasteiger partial charge in [0.15, 0.2) is 0 Å². The minimum absolute atomic E-state index is 0.515. The number of likely N-dealkylation sites (tertiary alicyclic amines) is 1. The van der Waals surface area contributed by atoms with Gasteiger partial charge in [0.1, 0.15) is 11.6 Å². The van der Waals surface area contributed by atoms with Crippen molar-refractivity contribution in [2.45, 2.75) is 58.5 Å². The van der Waals surface area contributed by atoms with Gasteiger partial charge in [0.05, 0.1) is 5.69 Å². The van der Waals surface area contributed by atoms with Crippen LogP contribution in [0.3, 0.4) is 0 Å². The van der Waals surface area contributed by atoms with Crippen LogP contribution in [-0.4, -0.2) is 45.9 Å². The molecule has 2 aromatic heterocycles. The third kappa shape index (κ3) is 3.25. The van der Waals surface area contributed by atoms with Crippen molar-refractivity contribution >= 4 is 0 Å². The van der Waals surface area contributed by atoms with Crippen molar-refractivity contribution in [2.75, 3.05) is 26.3 Å². The highest BCUT2D eigenvalue weighted by atomic mass is 16.5. The molecule has 136 valence electrons. The predicted octanol–water partition coefficient (Wildman–Crippen LogP) is 3.14. The summed E-state index contributed by atoms with van der Waals surface area (Å²) in [5, 5.41) is 4.09. The van der Waals surface area contributed by atoms with Crippen LogP contribution in [0.1, 0.15) is 59.8 Å². The van der Waals surface area contributed by atoms with Crippen molar-refractivity contribution in [1.29, 1.82) is 0 Å². The second kappa shape index (κ2) is 6.92. The Bertz CT molecular complexity index is 710. The van der Waals surface area contributed by atoms with E-state index in [1.165, 1.54) is 23.5 Å². The molecule has 0 radical (unpaired) electrons. The molecule has 6 heteroatoms. The van der Waals surface area contributed by atoms with Crippen LogP contribution in [0.2, 0.25) is 0 Å². The molecule has 0 spiro atoms. The van der Waals surface area contributed by atoms with Crippen LogP contribution >= 0.6 is 0 Å². The maximum Gasteiger partial charge on any atom is 0.138 e. The van der Waals surface area contributed by atoms with Gasteiger partial charge in [-0.15, -0.1) is 0 Å². The second-order valence-corrected chi connectivity index (χ2v) is 7.49. The van der Waals surface area contributed by atoms with Crippen LogP contribution in [0.25, 0.3) is 0 Å². The number of imidazole rings is 1. The van der Waals surface area contributed by atoms with Crippen LogP contribution in [0, 0.1) is 20.8 Å². The van der Waals surface area contributed by atoms with Gasteiger partial charge >= 0.3 is 0 Å². The number of aryl methyl sites for hydroxylation is 3. The first-order valence-electron chi connectivity index (χ1n) is 9.39. The first kappa shape index (κ1) is 16.8. The first-order chi connectivity index (χ1) is 12.1. The molecule has 2 saturated heterocycles. The Morgan fingerprint density at radius 3 is 2.68 bits per heavy atom. The molecule has 2 fully saturated rings. The van der Waals surface area contributed by atoms with E-state index in [1.54, 1.807) is 0 Å². The van der Waals surface area contributed by atoms with Gasteiger partial charge in [-0.2, -0.15) is 0 Å². The Morgan fingerprint density at radius 2 is 1.96 bits per heavy atom. The lowest BCUT2D eigenvalue weighted by atomic mass is 9.99. The molecule has 0 bridgehead atoms. The van der Waals surface area contributed by atoms with E-state index in [1.807, 2.05) is 20.0 Å². The minimum Gasteiger partial charge on any atom is -0.381 e. The molecule has 0 aliphatic carbocycles. The van der Waals surface area contributed by atoms with Gasteiger partial charge in [-0.05, 0) is 40.0 Å². The lowest BCUT2D eigenvalue weighted by molar-refractivity contribution is 0.0824. The van der Waals surface area contributed by atoms with E-state index in [2.05, 4.69) is 21.5 Å². The Hall–Kier alpha value is -1.66. The van der Waals surface area contributed by atoms with E-state index in [0.29, 0.717) is 12.0 Å². The molecule has 0 amide bonds.